The Morgan fingerprint density at radius 3 is 2.08 bits per heavy atom. The van der Waals surface area contributed by atoms with Gasteiger partial charge in [0.15, 0.2) is 0 Å². The largest absolute Gasteiger partial charge is 0.478 e. The lowest BCUT2D eigenvalue weighted by Crippen LogP contribution is -2.05. The van der Waals surface area contributed by atoms with Crippen LogP contribution in [0.1, 0.15) is 10.4 Å². The van der Waals surface area contributed by atoms with E-state index in [0.717, 1.165) is 11.1 Å². The van der Waals surface area contributed by atoms with E-state index in [9.17, 15) is 9.90 Å². The SMILES string of the molecule is O=C(O)c1c(-c2ccccc2)c(-c2ccccc2)nc2cc(Cl)ccc12. The predicted octanol–water partition coefficient (Wildman–Crippen LogP) is 5.92. The number of nitrogens with zero attached hydrogens (tertiary/aromatic N) is 1. The molecule has 4 aromatic rings. The van der Waals surface area contributed by atoms with E-state index in [0.29, 0.717) is 27.2 Å². The van der Waals surface area contributed by atoms with E-state index < -0.39 is 5.97 Å². The minimum atomic E-state index is -0.990. The fraction of sp³-hybridized carbons (Fsp3) is 0. The lowest BCUT2D eigenvalue weighted by molar-refractivity contribution is 0.0700. The van der Waals surface area contributed by atoms with Crippen molar-refractivity contribution < 1.29 is 9.90 Å². The summed E-state index contributed by atoms with van der Waals surface area (Å²) in [7, 11) is 0. The number of aromatic nitrogens is 1. The minimum Gasteiger partial charge on any atom is -0.478 e. The van der Waals surface area contributed by atoms with Crippen molar-refractivity contribution in [1.82, 2.24) is 4.98 Å². The van der Waals surface area contributed by atoms with Gasteiger partial charge in [-0.2, -0.15) is 0 Å². The van der Waals surface area contributed by atoms with E-state index in [2.05, 4.69) is 0 Å². The molecule has 0 saturated carbocycles. The Kier molecular flexibility index (Phi) is 4.15. The summed E-state index contributed by atoms with van der Waals surface area (Å²) in [5.41, 5.74) is 3.71. The monoisotopic (exact) mass is 359 g/mol. The molecule has 0 saturated heterocycles. The zero-order valence-corrected chi connectivity index (χ0v) is 14.4. The van der Waals surface area contributed by atoms with Crippen molar-refractivity contribution in [2.24, 2.45) is 0 Å². The topological polar surface area (TPSA) is 50.2 Å². The molecule has 3 nitrogen and oxygen atoms in total. The van der Waals surface area contributed by atoms with Gasteiger partial charge in [0.25, 0.3) is 0 Å². The van der Waals surface area contributed by atoms with Gasteiger partial charge in [-0.25, -0.2) is 9.78 Å². The number of pyridine rings is 1. The summed E-state index contributed by atoms with van der Waals surface area (Å²) in [6, 6.07) is 24.2. The lowest BCUT2D eigenvalue weighted by atomic mass is 9.92. The number of halogens is 1. The second-order valence-corrected chi connectivity index (χ2v) is 6.35. The Labute approximate surface area is 155 Å². The number of benzene rings is 3. The molecule has 126 valence electrons. The van der Waals surface area contributed by atoms with E-state index >= 15 is 0 Å². The second kappa shape index (κ2) is 6.62. The van der Waals surface area contributed by atoms with Crippen LogP contribution in [0, 0.1) is 0 Å². The number of fused-ring (bicyclic) bond motifs is 1. The summed E-state index contributed by atoms with van der Waals surface area (Å²) in [6.45, 7) is 0. The average molecular weight is 360 g/mol. The van der Waals surface area contributed by atoms with Crippen LogP contribution in [0.2, 0.25) is 5.02 Å². The van der Waals surface area contributed by atoms with Crippen molar-refractivity contribution in [3.05, 3.63) is 89.4 Å². The molecule has 0 spiro atoms. The van der Waals surface area contributed by atoms with Gasteiger partial charge < -0.3 is 5.11 Å². The highest BCUT2D eigenvalue weighted by atomic mass is 35.5. The minimum absolute atomic E-state index is 0.233. The van der Waals surface area contributed by atoms with E-state index in [-0.39, 0.29) is 5.56 Å². The Morgan fingerprint density at radius 1 is 0.846 bits per heavy atom. The fourth-order valence-corrected chi connectivity index (χ4v) is 3.32. The third-order valence-electron chi connectivity index (χ3n) is 4.27. The Morgan fingerprint density at radius 2 is 1.46 bits per heavy atom. The van der Waals surface area contributed by atoms with Gasteiger partial charge in [0.2, 0.25) is 0 Å². The highest BCUT2D eigenvalue weighted by Crippen LogP contribution is 2.38. The van der Waals surface area contributed by atoms with Gasteiger partial charge in [-0.3, -0.25) is 0 Å². The second-order valence-electron chi connectivity index (χ2n) is 5.91. The van der Waals surface area contributed by atoms with Crippen molar-refractivity contribution in [3.63, 3.8) is 0 Å². The summed E-state index contributed by atoms with van der Waals surface area (Å²) >= 11 is 6.12. The number of carboxylic acid groups (broad SMARTS) is 1. The molecular formula is C22H14ClNO2. The molecule has 4 rings (SSSR count). The number of rotatable bonds is 3. The molecule has 1 N–H and O–H groups in total. The van der Waals surface area contributed by atoms with Crippen LogP contribution in [0.5, 0.6) is 0 Å². The maximum atomic E-state index is 12.2. The number of aromatic carboxylic acids is 1. The molecule has 0 atom stereocenters. The molecule has 0 bridgehead atoms. The number of carbonyl (C=O) groups is 1. The molecule has 26 heavy (non-hydrogen) atoms. The summed E-state index contributed by atoms with van der Waals surface area (Å²) in [6.07, 6.45) is 0. The van der Waals surface area contributed by atoms with Crippen molar-refractivity contribution in [2.45, 2.75) is 0 Å². The zero-order chi connectivity index (χ0) is 18.1. The molecule has 3 aromatic carbocycles. The number of carboxylic acids is 1. The van der Waals surface area contributed by atoms with Gasteiger partial charge in [-0.05, 0) is 17.7 Å². The third kappa shape index (κ3) is 2.83. The van der Waals surface area contributed by atoms with Gasteiger partial charge in [0.05, 0.1) is 16.8 Å². The van der Waals surface area contributed by atoms with E-state index in [4.69, 9.17) is 16.6 Å². The van der Waals surface area contributed by atoms with E-state index in [1.165, 1.54) is 0 Å². The molecule has 4 heteroatoms. The number of hydrogen-bond acceptors (Lipinski definition) is 2. The Bertz CT molecular complexity index is 1110. The van der Waals surface area contributed by atoms with Crippen LogP contribution in [-0.2, 0) is 0 Å². The average Bonchev–Trinajstić information content (AvgIpc) is 2.67. The summed E-state index contributed by atoms with van der Waals surface area (Å²) < 4.78 is 0. The third-order valence-corrected chi connectivity index (χ3v) is 4.51. The normalized spacial score (nSPS) is 10.8. The molecular weight excluding hydrogens is 346 g/mol. The first kappa shape index (κ1) is 16.3. The van der Waals surface area contributed by atoms with Gasteiger partial charge in [0.1, 0.15) is 0 Å². The van der Waals surface area contributed by atoms with Crippen LogP contribution in [0.25, 0.3) is 33.3 Å². The standard InChI is InChI=1S/C22H14ClNO2/c23-16-11-12-17-18(13-16)24-21(15-9-5-2-6-10-15)19(20(17)22(25)26)14-7-3-1-4-8-14/h1-13H,(H,25,26). The molecule has 1 aromatic heterocycles. The summed E-state index contributed by atoms with van der Waals surface area (Å²) in [5.74, 6) is -0.990. The smallest absolute Gasteiger partial charge is 0.337 e. The maximum Gasteiger partial charge on any atom is 0.337 e. The Balaban J connectivity index is 2.19. The highest BCUT2D eigenvalue weighted by Gasteiger charge is 2.22. The zero-order valence-electron chi connectivity index (χ0n) is 13.7. The molecule has 0 radical (unpaired) electrons. The molecule has 0 aliphatic rings. The van der Waals surface area contributed by atoms with Gasteiger partial charge >= 0.3 is 5.97 Å². The van der Waals surface area contributed by atoms with Crippen molar-refractivity contribution in [3.8, 4) is 22.4 Å². The molecule has 0 aliphatic carbocycles. The van der Waals surface area contributed by atoms with Crippen LogP contribution in [0.4, 0.5) is 0 Å². The summed E-state index contributed by atoms with van der Waals surface area (Å²) in [4.78, 5) is 17.0. The first-order valence-corrected chi connectivity index (χ1v) is 8.50. The Hall–Kier alpha value is -3.17. The van der Waals surface area contributed by atoms with Crippen LogP contribution in [0.3, 0.4) is 0 Å². The van der Waals surface area contributed by atoms with Crippen molar-refractivity contribution in [1.29, 1.82) is 0 Å². The fourth-order valence-electron chi connectivity index (χ4n) is 3.15. The van der Waals surface area contributed by atoms with Crippen LogP contribution in [0.15, 0.2) is 78.9 Å². The first-order valence-electron chi connectivity index (χ1n) is 8.12. The van der Waals surface area contributed by atoms with Crippen LogP contribution >= 0.6 is 11.6 Å². The molecule has 0 aliphatic heterocycles. The van der Waals surface area contributed by atoms with Gasteiger partial charge in [-0.15, -0.1) is 0 Å². The van der Waals surface area contributed by atoms with Crippen molar-refractivity contribution in [2.75, 3.05) is 0 Å². The van der Waals surface area contributed by atoms with E-state index in [1.54, 1.807) is 18.2 Å². The molecule has 0 unspecified atom stereocenters. The molecule has 1 heterocycles. The van der Waals surface area contributed by atoms with Crippen LogP contribution < -0.4 is 0 Å². The predicted molar refractivity (Wildman–Crippen MR) is 105 cm³/mol. The van der Waals surface area contributed by atoms with Crippen LogP contribution in [-0.4, -0.2) is 16.1 Å². The summed E-state index contributed by atoms with van der Waals surface area (Å²) in [5, 5.41) is 11.1. The maximum absolute atomic E-state index is 12.2. The number of hydrogen-bond donors (Lipinski definition) is 1. The first-order chi connectivity index (χ1) is 12.6. The van der Waals surface area contributed by atoms with E-state index in [1.807, 2.05) is 60.7 Å². The van der Waals surface area contributed by atoms with Gasteiger partial charge in [0, 0.05) is 21.5 Å². The molecule has 0 amide bonds. The quantitative estimate of drug-likeness (QED) is 0.494. The molecule has 0 fully saturated rings. The highest BCUT2D eigenvalue weighted by molar-refractivity contribution is 6.31. The van der Waals surface area contributed by atoms with Crippen molar-refractivity contribution >= 4 is 28.5 Å². The lowest BCUT2D eigenvalue weighted by Gasteiger charge is -2.15. The van der Waals surface area contributed by atoms with Gasteiger partial charge in [-0.1, -0.05) is 78.3 Å².